The molecule has 0 aliphatic rings. The van der Waals surface area contributed by atoms with E-state index >= 15 is 0 Å². The van der Waals surface area contributed by atoms with E-state index in [4.69, 9.17) is 11.6 Å². The van der Waals surface area contributed by atoms with Gasteiger partial charge in [-0.15, -0.1) is 10.2 Å². The molecule has 1 atom stereocenters. The quantitative estimate of drug-likeness (QED) is 0.279. The number of anilines is 1. The molecular weight excluding hydrogens is 511 g/mol. The zero-order valence-electron chi connectivity index (χ0n) is 19.5. The average molecular weight is 532 g/mol. The van der Waals surface area contributed by atoms with Crippen molar-refractivity contribution in [2.45, 2.75) is 37.4 Å². The monoisotopic (exact) mass is 531 g/mol. The maximum Gasteiger partial charge on any atom is 0.417 e. The highest BCUT2D eigenvalue weighted by atomic mass is 35.5. The molecule has 0 aliphatic heterocycles. The van der Waals surface area contributed by atoms with E-state index in [0.717, 1.165) is 46.3 Å². The third-order valence-electron chi connectivity index (χ3n) is 5.34. The van der Waals surface area contributed by atoms with Crippen molar-refractivity contribution in [3.8, 4) is 17.1 Å². The molecule has 0 aliphatic carbocycles. The van der Waals surface area contributed by atoms with E-state index in [2.05, 4.69) is 20.5 Å². The molecule has 11 heteroatoms. The van der Waals surface area contributed by atoms with E-state index in [-0.39, 0.29) is 5.69 Å². The molecule has 2 aromatic carbocycles. The molecule has 0 saturated heterocycles. The summed E-state index contributed by atoms with van der Waals surface area (Å²) in [7, 11) is 0. The number of halogens is 4. The summed E-state index contributed by atoms with van der Waals surface area (Å²) in [5.74, 6) is 0.0613. The van der Waals surface area contributed by atoms with E-state index in [1.54, 1.807) is 25.4 Å². The van der Waals surface area contributed by atoms with Crippen LogP contribution in [0.4, 0.5) is 18.9 Å². The zero-order valence-corrected chi connectivity index (χ0v) is 21.0. The second-order valence-electron chi connectivity index (χ2n) is 8.11. The van der Waals surface area contributed by atoms with Crippen LogP contribution in [-0.2, 0) is 11.0 Å². The molecule has 0 spiro atoms. The number of carbonyl (C=O) groups is 1. The summed E-state index contributed by atoms with van der Waals surface area (Å²) in [4.78, 5) is 17.1. The summed E-state index contributed by atoms with van der Waals surface area (Å²) in [6.07, 6.45) is -1.30. The van der Waals surface area contributed by atoms with E-state index in [1.165, 1.54) is 6.07 Å². The molecule has 1 N–H and O–H groups in total. The van der Waals surface area contributed by atoms with Gasteiger partial charge in [0.05, 0.1) is 21.5 Å². The number of alkyl halides is 3. The number of rotatable bonds is 6. The molecule has 36 heavy (non-hydrogen) atoms. The number of benzene rings is 2. The fraction of sp³-hybridized carbons (Fsp3) is 0.200. The van der Waals surface area contributed by atoms with E-state index in [0.29, 0.717) is 11.0 Å². The first-order valence-electron chi connectivity index (χ1n) is 10.8. The van der Waals surface area contributed by atoms with Gasteiger partial charge in [0.25, 0.3) is 0 Å². The van der Waals surface area contributed by atoms with Gasteiger partial charge in [-0.2, -0.15) is 13.2 Å². The first kappa shape index (κ1) is 25.7. The Morgan fingerprint density at radius 1 is 1.11 bits per heavy atom. The topological polar surface area (TPSA) is 72.7 Å². The van der Waals surface area contributed by atoms with Gasteiger partial charge in [-0.25, -0.2) is 0 Å². The van der Waals surface area contributed by atoms with Crippen molar-refractivity contribution in [1.29, 1.82) is 0 Å². The molecule has 4 aromatic rings. The van der Waals surface area contributed by atoms with Crippen LogP contribution >= 0.6 is 23.4 Å². The van der Waals surface area contributed by atoms with Gasteiger partial charge in [0, 0.05) is 23.6 Å². The molecule has 2 aromatic heterocycles. The maximum atomic E-state index is 13.2. The van der Waals surface area contributed by atoms with Gasteiger partial charge >= 0.3 is 6.18 Å². The molecule has 0 saturated carbocycles. The van der Waals surface area contributed by atoms with Gasteiger partial charge in [0.15, 0.2) is 11.0 Å². The molecule has 6 nitrogen and oxygen atoms in total. The number of nitrogens with zero attached hydrogens (tertiary/aromatic N) is 4. The van der Waals surface area contributed by atoms with Crippen molar-refractivity contribution >= 4 is 35.0 Å². The van der Waals surface area contributed by atoms with E-state index < -0.39 is 27.9 Å². The number of hydrogen-bond donors (Lipinski definition) is 1. The lowest BCUT2D eigenvalue weighted by molar-refractivity contribution is -0.137. The van der Waals surface area contributed by atoms with Crippen molar-refractivity contribution in [2.75, 3.05) is 5.32 Å². The summed E-state index contributed by atoms with van der Waals surface area (Å²) in [5.41, 5.74) is 2.64. The Hall–Kier alpha value is -3.37. The highest BCUT2D eigenvalue weighted by molar-refractivity contribution is 8.00. The molecule has 186 valence electrons. The summed E-state index contributed by atoms with van der Waals surface area (Å²) in [6, 6.07) is 12.9. The number of aromatic nitrogens is 4. The number of thioether (sulfide) groups is 1. The predicted molar refractivity (Wildman–Crippen MR) is 134 cm³/mol. The SMILES string of the molecule is Cc1ccc(-n2c(S[C@@H](C)C(=O)Nc3ccc(Cl)c(C(F)(F)F)c3)nnc2-c2cccnc2)c(C)c1. The Bertz CT molecular complexity index is 1410. The Morgan fingerprint density at radius 3 is 2.56 bits per heavy atom. The molecule has 0 radical (unpaired) electrons. The Kier molecular flexibility index (Phi) is 7.37. The fourth-order valence-corrected chi connectivity index (χ4v) is 4.66. The van der Waals surface area contributed by atoms with Crippen LogP contribution in [0.5, 0.6) is 0 Å². The molecule has 1 amide bonds. The second-order valence-corrected chi connectivity index (χ2v) is 9.83. The summed E-state index contributed by atoms with van der Waals surface area (Å²) >= 11 is 6.82. The number of hydrogen-bond acceptors (Lipinski definition) is 5. The largest absolute Gasteiger partial charge is 0.417 e. The van der Waals surface area contributed by atoms with Crippen molar-refractivity contribution in [3.63, 3.8) is 0 Å². The minimum absolute atomic E-state index is 0.00364. The molecule has 0 bridgehead atoms. The lowest BCUT2D eigenvalue weighted by Gasteiger charge is -2.16. The van der Waals surface area contributed by atoms with Crippen LogP contribution in [0.15, 0.2) is 66.1 Å². The molecule has 0 unspecified atom stereocenters. The van der Waals surface area contributed by atoms with Crippen molar-refractivity contribution < 1.29 is 18.0 Å². The highest BCUT2D eigenvalue weighted by Crippen LogP contribution is 2.37. The lowest BCUT2D eigenvalue weighted by atomic mass is 10.1. The Balaban J connectivity index is 1.64. The van der Waals surface area contributed by atoms with Crippen molar-refractivity contribution in [2.24, 2.45) is 0 Å². The standard InChI is InChI=1S/C25H21ClF3N5OS/c1-14-6-9-21(15(2)11-14)34-22(17-5-4-10-30-13-17)32-33-24(34)36-16(3)23(35)31-18-7-8-20(26)19(12-18)25(27,28)29/h4-13,16H,1-3H3,(H,31,35)/t16-/m0/s1. The highest BCUT2D eigenvalue weighted by Gasteiger charge is 2.33. The first-order valence-corrected chi connectivity index (χ1v) is 12.1. The van der Waals surface area contributed by atoms with Crippen molar-refractivity contribution in [3.05, 3.63) is 82.6 Å². The molecular formula is C25H21ClF3N5OS. The van der Waals surface area contributed by atoms with E-state index in [9.17, 15) is 18.0 Å². The third-order valence-corrected chi connectivity index (χ3v) is 6.71. The number of amides is 1. The molecule has 2 heterocycles. The van der Waals surface area contributed by atoms with Crippen LogP contribution in [0.1, 0.15) is 23.6 Å². The number of pyridine rings is 1. The van der Waals surface area contributed by atoms with Crippen molar-refractivity contribution in [1.82, 2.24) is 19.7 Å². The fourth-order valence-electron chi connectivity index (χ4n) is 3.58. The van der Waals surface area contributed by atoms with Crippen LogP contribution in [0.3, 0.4) is 0 Å². The van der Waals surface area contributed by atoms with Crippen LogP contribution in [0.2, 0.25) is 5.02 Å². The Morgan fingerprint density at radius 2 is 1.89 bits per heavy atom. The van der Waals surface area contributed by atoms with Gasteiger partial charge in [-0.3, -0.25) is 14.3 Å². The van der Waals surface area contributed by atoms with Gasteiger partial charge in [0.1, 0.15) is 0 Å². The summed E-state index contributed by atoms with van der Waals surface area (Å²) in [6.45, 7) is 5.61. The number of carbonyl (C=O) groups excluding carboxylic acids is 1. The molecule has 0 fully saturated rings. The summed E-state index contributed by atoms with van der Waals surface area (Å²) < 4.78 is 41.4. The van der Waals surface area contributed by atoms with Gasteiger partial charge in [-0.05, 0) is 62.7 Å². The zero-order chi connectivity index (χ0) is 26.0. The second kappa shape index (κ2) is 10.3. The molecule has 4 rings (SSSR count). The Labute approximate surface area is 214 Å². The normalized spacial score (nSPS) is 12.4. The van der Waals surface area contributed by atoms with Gasteiger partial charge in [-0.1, -0.05) is 41.1 Å². The minimum atomic E-state index is -4.64. The lowest BCUT2D eigenvalue weighted by Crippen LogP contribution is -2.23. The first-order chi connectivity index (χ1) is 17.0. The maximum absolute atomic E-state index is 13.2. The summed E-state index contributed by atoms with van der Waals surface area (Å²) in [5, 5.41) is 10.5. The van der Waals surface area contributed by atoms with Crippen LogP contribution in [-0.4, -0.2) is 30.9 Å². The van der Waals surface area contributed by atoms with Crippen LogP contribution in [0.25, 0.3) is 17.1 Å². The van der Waals surface area contributed by atoms with Crippen LogP contribution in [0, 0.1) is 13.8 Å². The van der Waals surface area contributed by atoms with Crippen LogP contribution < -0.4 is 5.32 Å². The average Bonchev–Trinajstić information content (AvgIpc) is 3.23. The third kappa shape index (κ3) is 5.55. The number of aryl methyl sites for hydroxylation is 2. The number of nitrogens with one attached hydrogen (secondary N) is 1. The van der Waals surface area contributed by atoms with Gasteiger partial charge in [0.2, 0.25) is 5.91 Å². The van der Waals surface area contributed by atoms with Gasteiger partial charge < -0.3 is 5.32 Å². The minimum Gasteiger partial charge on any atom is -0.325 e. The predicted octanol–water partition coefficient (Wildman–Crippen LogP) is 6.74. The smallest absolute Gasteiger partial charge is 0.325 e. The van der Waals surface area contributed by atoms with E-state index in [1.807, 2.05) is 42.7 Å².